The monoisotopic (exact) mass is 294 g/mol. The quantitative estimate of drug-likeness (QED) is 0.666. The van der Waals surface area contributed by atoms with Crippen molar-refractivity contribution < 1.29 is 0 Å². The Morgan fingerprint density at radius 3 is 2.19 bits per heavy atom. The molecule has 2 fully saturated rings. The molecule has 0 aromatic heterocycles. The average molecular weight is 295 g/mol. The van der Waals surface area contributed by atoms with E-state index in [1.165, 1.54) is 70.9 Å². The van der Waals surface area contributed by atoms with Crippen molar-refractivity contribution in [2.24, 2.45) is 11.3 Å². The minimum atomic E-state index is 0.541. The summed E-state index contributed by atoms with van der Waals surface area (Å²) in [7, 11) is 2.36. The normalized spacial score (nSPS) is 24.3. The molecule has 2 aliphatic carbocycles. The van der Waals surface area contributed by atoms with E-state index in [4.69, 9.17) is 0 Å². The van der Waals surface area contributed by atoms with Crippen LogP contribution in [0.2, 0.25) is 0 Å². The molecule has 1 unspecified atom stereocenters. The Kier molecular flexibility index (Phi) is 6.55. The summed E-state index contributed by atoms with van der Waals surface area (Å²) < 4.78 is 0. The third kappa shape index (κ3) is 5.90. The first kappa shape index (κ1) is 17.3. The molecule has 0 heterocycles. The van der Waals surface area contributed by atoms with Crippen molar-refractivity contribution in [3.05, 3.63) is 0 Å². The van der Waals surface area contributed by atoms with Gasteiger partial charge in [0.15, 0.2) is 0 Å². The van der Waals surface area contributed by atoms with Crippen molar-refractivity contribution >= 4 is 0 Å². The van der Waals surface area contributed by atoms with E-state index < -0.39 is 0 Å². The summed E-state index contributed by atoms with van der Waals surface area (Å²) in [5.41, 5.74) is 0.541. The van der Waals surface area contributed by atoms with Crippen LogP contribution in [0.3, 0.4) is 0 Å². The SMILES string of the molecule is CC(C)CC(C)N(C)CC1(CNC2CC2)CCCCCC1. The summed E-state index contributed by atoms with van der Waals surface area (Å²) in [6, 6.07) is 1.56. The Hall–Kier alpha value is -0.0800. The summed E-state index contributed by atoms with van der Waals surface area (Å²) >= 11 is 0. The zero-order chi connectivity index (χ0) is 15.3. The molecule has 0 saturated heterocycles. The van der Waals surface area contributed by atoms with E-state index in [1.807, 2.05) is 0 Å². The Balaban J connectivity index is 1.92. The van der Waals surface area contributed by atoms with Crippen LogP contribution in [0.4, 0.5) is 0 Å². The zero-order valence-corrected chi connectivity index (χ0v) is 15.0. The Bertz CT molecular complexity index is 288. The second kappa shape index (κ2) is 7.97. The number of rotatable bonds is 8. The predicted octanol–water partition coefficient (Wildman–Crippen LogP) is 4.45. The average Bonchev–Trinajstić information content (AvgIpc) is 3.23. The topological polar surface area (TPSA) is 15.3 Å². The van der Waals surface area contributed by atoms with Gasteiger partial charge in [-0.25, -0.2) is 0 Å². The highest BCUT2D eigenvalue weighted by atomic mass is 15.1. The minimum absolute atomic E-state index is 0.541. The molecule has 0 aliphatic heterocycles. The van der Waals surface area contributed by atoms with Crippen LogP contribution in [-0.2, 0) is 0 Å². The van der Waals surface area contributed by atoms with Gasteiger partial charge in [-0.3, -0.25) is 0 Å². The molecule has 2 nitrogen and oxygen atoms in total. The molecule has 0 aromatic rings. The van der Waals surface area contributed by atoms with E-state index in [2.05, 4.69) is 38.0 Å². The van der Waals surface area contributed by atoms with Crippen molar-refractivity contribution in [2.45, 2.75) is 90.6 Å². The number of hydrogen-bond acceptors (Lipinski definition) is 2. The van der Waals surface area contributed by atoms with Gasteiger partial charge in [0.25, 0.3) is 0 Å². The van der Waals surface area contributed by atoms with E-state index in [-0.39, 0.29) is 0 Å². The van der Waals surface area contributed by atoms with Crippen LogP contribution in [-0.4, -0.2) is 37.1 Å². The van der Waals surface area contributed by atoms with Gasteiger partial charge >= 0.3 is 0 Å². The van der Waals surface area contributed by atoms with Crippen molar-refractivity contribution in [1.82, 2.24) is 10.2 Å². The molecule has 0 bridgehead atoms. The predicted molar refractivity (Wildman–Crippen MR) is 92.7 cm³/mol. The number of nitrogens with zero attached hydrogens (tertiary/aromatic N) is 1. The fourth-order valence-corrected chi connectivity index (χ4v) is 4.06. The van der Waals surface area contributed by atoms with Crippen LogP contribution in [0, 0.1) is 11.3 Å². The lowest BCUT2D eigenvalue weighted by molar-refractivity contribution is 0.111. The summed E-state index contributed by atoms with van der Waals surface area (Å²) in [5.74, 6) is 0.803. The van der Waals surface area contributed by atoms with Gasteiger partial charge in [-0.1, -0.05) is 39.5 Å². The van der Waals surface area contributed by atoms with E-state index >= 15 is 0 Å². The number of hydrogen-bond donors (Lipinski definition) is 1. The first-order valence-electron chi connectivity index (χ1n) is 9.44. The highest BCUT2D eigenvalue weighted by Gasteiger charge is 2.34. The maximum atomic E-state index is 3.85. The van der Waals surface area contributed by atoms with Crippen LogP contribution in [0.5, 0.6) is 0 Å². The molecule has 2 heteroatoms. The lowest BCUT2D eigenvalue weighted by Gasteiger charge is -2.39. The standard InChI is InChI=1S/C19H38N2/c1-16(2)13-17(3)21(4)15-19(14-20-18-9-10-18)11-7-5-6-8-12-19/h16-18,20H,5-15H2,1-4H3. The van der Waals surface area contributed by atoms with Crippen LogP contribution < -0.4 is 5.32 Å². The van der Waals surface area contributed by atoms with Crippen molar-refractivity contribution in [3.8, 4) is 0 Å². The second-order valence-corrected chi connectivity index (χ2v) is 8.46. The molecule has 124 valence electrons. The van der Waals surface area contributed by atoms with Crippen LogP contribution >= 0.6 is 0 Å². The molecule has 1 atom stereocenters. The highest BCUT2D eigenvalue weighted by Crippen LogP contribution is 2.36. The van der Waals surface area contributed by atoms with E-state index in [9.17, 15) is 0 Å². The molecule has 2 saturated carbocycles. The molecule has 21 heavy (non-hydrogen) atoms. The molecule has 1 N–H and O–H groups in total. The van der Waals surface area contributed by atoms with E-state index in [0.29, 0.717) is 11.5 Å². The largest absolute Gasteiger partial charge is 0.313 e. The lowest BCUT2D eigenvalue weighted by atomic mass is 9.79. The van der Waals surface area contributed by atoms with Gasteiger partial charge in [0.05, 0.1) is 0 Å². The van der Waals surface area contributed by atoms with Gasteiger partial charge in [-0.15, -0.1) is 0 Å². The lowest BCUT2D eigenvalue weighted by Crippen LogP contribution is -2.46. The van der Waals surface area contributed by atoms with Gasteiger partial charge in [0.1, 0.15) is 0 Å². The van der Waals surface area contributed by atoms with Gasteiger partial charge in [-0.2, -0.15) is 0 Å². The first-order chi connectivity index (χ1) is 10.0. The molecular weight excluding hydrogens is 256 g/mol. The second-order valence-electron chi connectivity index (χ2n) is 8.46. The summed E-state index contributed by atoms with van der Waals surface area (Å²) in [6.07, 6.45) is 12.8. The van der Waals surface area contributed by atoms with Gasteiger partial charge in [-0.05, 0) is 57.4 Å². The van der Waals surface area contributed by atoms with Gasteiger partial charge in [0, 0.05) is 25.2 Å². The fourth-order valence-electron chi connectivity index (χ4n) is 4.06. The van der Waals surface area contributed by atoms with Crippen molar-refractivity contribution in [3.63, 3.8) is 0 Å². The fraction of sp³-hybridized carbons (Fsp3) is 1.00. The molecule has 0 radical (unpaired) electrons. The summed E-state index contributed by atoms with van der Waals surface area (Å²) in [6.45, 7) is 9.66. The number of nitrogens with one attached hydrogen (secondary N) is 1. The Labute approximate surface area is 133 Å². The molecular formula is C19H38N2. The Morgan fingerprint density at radius 2 is 1.67 bits per heavy atom. The Morgan fingerprint density at radius 1 is 1.05 bits per heavy atom. The van der Waals surface area contributed by atoms with Crippen molar-refractivity contribution in [2.75, 3.05) is 20.1 Å². The minimum Gasteiger partial charge on any atom is -0.313 e. The van der Waals surface area contributed by atoms with Gasteiger partial charge in [0.2, 0.25) is 0 Å². The highest BCUT2D eigenvalue weighted by molar-refractivity contribution is 4.91. The van der Waals surface area contributed by atoms with Crippen LogP contribution in [0.15, 0.2) is 0 Å². The molecule has 2 aliphatic rings. The third-order valence-corrected chi connectivity index (χ3v) is 5.66. The van der Waals surface area contributed by atoms with Crippen molar-refractivity contribution in [1.29, 1.82) is 0 Å². The smallest absolute Gasteiger partial charge is 0.00684 e. The van der Waals surface area contributed by atoms with Gasteiger partial charge < -0.3 is 10.2 Å². The third-order valence-electron chi connectivity index (χ3n) is 5.66. The summed E-state index contributed by atoms with van der Waals surface area (Å²) in [5, 5.41) is 3.85. The molecule has 0 spiro atoms. The summed E-state index contributed by atoms with van der Waals surface area (Å²) in [4.78, 5) is 2.65. The van der Waals surface area contributed by atoms with Crippen LogP contribution in [0.25, 0.3) is 0 Å². The zero-order valence-electron chi connectivity index (χ0n) is 15.0. The molecule has 0 aromatic carbocycles. The molecule has 2 rings (SSSR count). The maximum absolute atomic E-state index is 3.85. The molecule has 0 amide bonds. The maximum Gasteiger partial charge on any atom is 0.00684 e. The first-order valence-corrected chi connectivity index (χ1v) is 9.44. The van der Waals surface area contributed by atoms with E-state index in [1.54, 1.807) is 0 Å². The van der Waals surface area contributed by atoms with Crippen LogP contribution in [0.1, 0.15) is 78.6 Å². The van der Waals surface area contributed by atoms with E-state index in [0.717, 1.165) is 12.0 Å².